The monoisotopic (exact) mass is 258 g/mol. The molecule has 0 saturated carbocycles. The molecule has 2 aromatic rings. The molecule has 98 valence electrons. The van der Waals surface area contributed by atoms with Gasteiger partial charge < -0.3 is 15.6 Å². The molecule has 0 bridgehead atoms. The van der Waals surface area contributed by atoms with Gasteiger partial charge in [0.1, 0.15) is 0 Å². The van der Waals surface area contributed by atoms with Crippen molar-refractivity contribution in [2.24, 2.45) is 5.73 Å². The van der Waals surface area contributed by atoms with Crippen LogP contribution in [-0.4, -0.2) is 16.0 Å². The first kappa shape index (κ1) is 11.9. The quantitative estimate of drug-likeness (QED) is 0.854. The predicted octanol–water partition coefficient (Wildman–Crippen LogP) is 0.946. The number of fused-ring (bicyclic) bond motifs is 1. The van der Waals surface area contributed by atoms with Crippen LogP contribution in [0.3, 0.4) is 0 Å². The standard InChI is InChI=1S/C13H14N4O2/c14-7-11-16-13(19-17-11)12(18)15-10-6-5-8-3-1-2-4-9(8)10/h1-4,10H,5-7,14H2,(H,15,18). The van der Waals surface area contributed by atoms with Crippen LogP contribution in [-0.2, 0) is 13.0 Å². The molecule has 1 heterocycles. The molecule has 6 nitrogen and oxygen atoms in total. The van der Waals surface area contributed by atoms with Crippen LogP contribution < -0.4 is 11.1 Å². The van der Waals surface area contributed by atoms with Gasteiger partial charge in [0.05, 0.1) is 12.6 Å². The third-order valence-electron chi connectivity index (χ3n) is 3.28. The summed E-state index contributed by atoms with van der Waals surface area (Å²) in [5.74, 6) is -0.0595. The van der Waals surface area contributed by atoms with E-state index in [0.29, 0.717) is 5.82 Å². The maximum Gasteiger partial charge on any atom is 0.316 e. The highest BCUT2D eigenvalue weighted by Crippen LogP contribution is 2.30. The van der Waals surface area contributed by atoms with E-state index in [1.54, 1.807) is 0 Å². The van der Waals surface area contributed by atoms with Crippen molar-refractivity contribution in [3.05, 3.63) is 47.1 Å². The number of benzene rings is 1. The van der Waals surface area contributed by atoms with Gasteiger partial charge in [-0.05, 0) is 24.0 Å². The third kappa shape index (κ3) is 2.22. The van der Waals surface area contributed by atoms with Crippen LogP contribution in [0.2, 0.25) is 0 Å². The van der Waals surface area contributed by atoms with E-state index < -0.39 is 0 Å². The molecule has 1 amide bonds. The van der Waals surface area contributed by atoms with Gasteiger partial charge in [0.25, 0.3) is 0 Å². The largest absolute Gasteiger partial charge is 0.341 e. The van der Waals surface area contributed by atoms with E-state index in [0.717, 1.165) is 18.4 Å². The van der Waals surface area contributed by atoms with E-state index in [9.17, 15) is 4.79 Å². The summed E-state index contributed by atoms with van der Waals surface area (Å²) in [5, 5.41) is 6.52. The van der Waals surface area contributed by atoms with E-state index in [4.69, 9.17) is 10.3 Å². The lowest BCUT2D eigenvalue weighted by Crippen LogP contribution is -2.27. The minimum atomic E-state index is -0.353. The molecule has 0 fully saturated rings. The summed E-state index contributed by atoms with van der Waals surface area (Å²) in [7, 11) is 0. The number of rotatable bonds is 3. The second kappa shape index (κ2) is 4.81. The van der Waals surface area contributed by atoms with Crippen LogP contribution in [0.4, 0.5) is 0 Å². The summed E-state index contributed by atoms with van der Waals surface area (Å²) in [6.07, 6.45) is 1.86. The number of amides is 1. The van der Waals surface area contributed by atoms with E-state index >= 15 is 0 Å². The first-order valence-corrected chi connectivity index (χ1v) is 6.19. The fourth-order valence-corrected chi connectivity index (χ4v) is 2.36. The van der Waals surface area contributed by atoms with Gasteiger partial charge in [0.15, 0.2) is 5.82 Å². The normalized spacial score (nSPS) is 17.2. The van der Waals surface area contributed by atoms with Crippen LogP contribution in [0.5, 0.6) is 0 Å². The lowest BCUT2D eigenvalue weighted by atomic mass is 10.1. The van der Waals surface area contributed by atoms with Crippen molar-refractivity contribution < 1.29 is 9.32 Å². The van der Waals surface area contributed by atoms with Crippen molar-refractivity contribution in [2.45, 2.75) is 25.4 Å². The summed E-state index contributed by atoms with van der Waals surface area (Å²) in [4.78, 5) is 15.9. The van der Waals surface area contributed by atoms with Gasteiger partial charge in [-0.3, -0.25) is 4.79 Å². The third-order valence-corrected chi connectivity index (χ3v) is 3.28. The zero-order valence-corrected chi connectivity index (χ0v) is 10.3. The zero-order valence-electron chi connectivity index (χ0n) is 10.3. The number of carbonyl (C=O) groups excluding carboxylic acids is 1. The Kier molecular flexibility index (Phi) is 3.00. The summed E-state index contributed by atoms with van der Waals surface area (Å²) >= 11 is 0. The number of nitrogens with zero attached hydrogens (tertiary/aromatic N) is 2. The summed E-state index contributed by atoms with van der Waals surface area (Å²) in [5.41, 5.74) is 7.81. The van der Waals surface area contributed by atoms with Crippen molar-refractivity contribution in [1.82, 2.24) is 15.5 Å². The Bertz CT molecular complexity index is 608. The second-order valence-corrected chi connectivity index (χ2v) is 4.48. The van der Waals surface area contributed by atoms with Crippen LogP contribution >= 0.6 is 0 Å². The van der Waals surface area contributed by atoms with Crippen LogP contribution in [0, 0.1) is 0 Å². The first-order chi connectivity index (χ1) is 9.28. The minimum Gasteiger partial charge on any atom is -0.341 e. The molecule has 3 N–H and O–H groups in total. The van der Waals surface area contributed by atoms with Gasteiger partial charge in [0, 0.05) is 0 Å². The smallest absolute Gasteiger partial charge is 0.316 e. The van der Waals surface area contributed by atoms with Gasteiger partial charge in [-0.2, -0.15) is 4.98 Å². The lowest BCUT2D eigenvalue weighted by molar-refractivity contribution is 0.0892. The number of nitrogens with one attached hydrogen (secondary N) is 1. The molecule has 1 atom stereocenters. The number of carbonyl (C=O) groups is 1. The highest BCUT2D eigenvalue weighted by atomic mass is 16.5. The van der Waals surface area contributed by atoms with Gasteiger partial charge in [0.2, 0.25) is 0 Å². The highest BCUT2D eigenvalue weighted by Gasteiger charge is 2.25. The van der Waals surface area contributed by atoms with Crippen LogP contribution in [0.1, 0.15) is 40.1 Å². The molecule has 1 aromatic heterocycles. The molecule has 19 heavy (non-hydrogen) atoms. The maximum absolute atomic E-state index is 12.0. The van der Waals surface area contributed by atoms with E-state index in [2.05, 4.69) is 21.5 Å². The van der Waals surface area contributed by atoms with Gasteiger partial charge in [-0.15, -0.1) is 0 Å². The highest BCUT2D eigenvalue weighted by molar-refractivity contribution is 5.89. The fourth-order valence-electron chi connectivity index (χ4n) is 2.36. The van der Waals surface area contributed by atoms with E-state index in [1.165, 1.54) is 5.56 Å². The Balaban J connectivity index is 1.74. The number of aromatic nitrogens is 2. The summed E-state index contributed by atoms with van der Waals surface area (Å²) < 4.78 is 4.86. The molecule has 0 radical (unpaired) electrons. The van der Waals surface area contributed by atoms with Crippen molar-refractivity contribution >= 4 is 5.91 Å². The Morgan fingerprint density at radius 3 is 3.11 bits per heavy atom. The van der Waals surface area contributed by atoms with Crippen LogP contribution in [0.15, 0.2) is 28.8 Å². The fraction of sp³-hybridized carbons (Fsp3) is 0.308. The summed E-state index contributed by atoms with van der Waals surface area (Å²) in [6.45, 7) is 0.156. The Morgan fingerprint density at radius 2 is 2.32 bits per heavy atom. The molecule has 1 aliphatic carbocycles. The Morgan fingerprint density at radius 1 is 1.47 bits per heavy atom. The van der Waals surface area contributed by atoms with Crippen LogP contribution in [0.25, 0.3) is 0 Å². The molecule has 0 spiro atoms. The minimum absolute atomic E-state index is 0.0110. The Hall–Kier alpha value is -2.21. The van der Waals surface area contributed by atoms with Crippen molar-refractivity contribution in [1.29, 1.82) is 0 Å². The zero-order chi connectivity index (χ0) is 13.2. The molecule has 1 aromatic carbocycles. The maximum atomic E-state index is 12.0. The van der Waals surface area contributed by atoms with E-state index in [-0.39, 0.29) is 24.4 Å². The lowest BCUT2D eigenvalue weighted by Gasteiger charge is -2.11. The Labute approximate surface area is 110 Å². The average Bonchev–Trinajstić information content (AvgIpc) is 3.06. The molecular formula is C13H14N4O2. The van der Waals surface area contributed by atoms with Gasteiger partial charge in [-0.25, -0.2) is 0 Å². The number of hydrogen-bond acceptors (Lipinski definition) is 5. The van der Waals surface area contributed by atoms with Gasteiger partial charge >= 0.3 is 11.8 Å². The molecule has 0 aliphatic heterocycles. The topological polar surface area (TPSA) is 94.0 Å². The second-order valence-electron chi connectivity index (χ2n) is 4.48. The van der Waals surface area contributed by atoms with Gasteiger partial charge in [-0.1, -0.05) is 29.4 Å². The molecular weight excluding hydrogens is 244 g/mol. The first-order valence-electron chi connectivity index (χ1n) is 6.19. The van der Waals surface area contributed by atoms with E-state index in [1.807, 2.05) is 18.2 Å². The number of nitrogens with two attached hydrogens (primary N) is 1. The molecule has 3 rings (SSSR count). The average molecular weight is 258 g/mol. The molecule has 6 heteroatoms. The number of aryl methyl sites for hydroxylation is 1. The predicted molar refractivity (Wildman–Crippen MR) is 67.2 cm³/mol. The molecule has 0 saturated heterocycles. The number of hydrogen-bond donors (Lipinski definition) is 2. The van der Waals surface area contributed by atoms with Crippen molar-refractivity contribution in [3.63, 3.8) is 0 Å². The molecule has 1 aliphatic rings. The van der Waals surface area contributed by atoms with Crippen molar-refractivity contribution in [2.75, 3.05) is 0 Å². The van der Waals surface area contributed by atoms with Crippen molar-refractivity contribution in [3.8, 4) is 0 Å². The molecule has 1 unspecified atom stereocenters. The summed E-state index contributed by atoms with van der Waals surface area (Å²) in [6, 6.07) is 8.11. The SMILES string of the molecule is NCc1noc(C(=O)NC2CCc3ccccc32)n1.